The Morgan fingerprint density at radius 2 is 1.63 bits per heavy atom. The highest BCUT2D eigenvalue weighted by Crippen LogP contribution is 2.60. The minimum absolute atomic E-state index is 0.00869. The molecule has 2 heterocycles. The summed E-state index contributed by atoms with van der Waals surface area (Å²) in [6, 6.07) is 3.20. The van der Waals surface area contributed by atoms with E-state index in [0.717, 1.165) is 69.0 Å². The lowest BCUT2D eigenvalue weighted by atomic mass is 9.49. The van der Waals surface area contributed by atoms with Crippen molar-refractivity contribution in [3.8, 4) is 0 Å². The number of hydrogen-bond acceptors (Lipinski definition) is 5. The van der Waals surface area contributed by atoms with Crippen molar-refractivity contribution in [3.05, 3.63) is 28.4 Å². The molecule has 27 heavy (non-hydrogen) atoms. The van der Waals surface area contributed by atoms with E-state index in [4.69, 9.17) is 0 Å². The van der Waals surface area contributed by atoms with E-state index >= 15 is 0 Å². The van der Waals surface area contributed by atoms with Crippen LogP contribution < -0.4 is 4.90 Å². The third kappa shape index (κ3) is 2.87. The highest BCUT2D eigenvalue weighted by molar-refractivity contribution is 5.83. The van der Waals surface area contributed by atoms with E-state index in [1.807, 2.05) is 0 Å². The van der Waals surface area contributed by atoms with Gasteiger partial charge in [-0.3, -0.25) is 14.9 Å². The lowest BCUT2D eigenvalue weighted by molar-refractivity contribution is -0.385. The van der Waals surface area contributed by atoms with Gasteiger partial charge in [-0.05, 0) is 62.3 Å². The second-order valence-corrected chi connectivity index (χ2v) is 9.11. The van der Waals surface area contributed by atoms with Crippen molar-refractivity contribution in [1.82, 2.24) is 9.88 Å². The van der Waals surface area contributed by atoms with Gasteiger partial charge < -0.3 is 9.80 Å². The fourth-order valence-corrected chi connectivity index (χ4v) is 6.52. The monoisotopic (exact) mass is 370 g/mol. The van der Waals surface area contributed by atoms with Gasteiger partial charge in [0, 0.05) is 32.2 Å². The van der Waals surface area contributed by atoms with E-state index in [0.29, 0.717) is 5.91 Å². The zero-order valence-electron chi connectivity index (χ0n) is 15.5. The Morgan fingerprint density at radius 3 is 2.11 bits per heavy atom. The Balaban J connectivity index is 1.24. The van der Waals surface area contributed by atoms with E-state index in [1.165, 1.54) is 31.5 Å². The maximum Gasteiger partial charge on any atom is 0.287 e. The molecule has 5 aliphatic rings. The third-order valence-electron chi connectivity index (χ3n) is 7.33. The summed E-state index contributed by atoms with van der Waals surface area (Å²) in [6.45, 7) is 2.92. The summed E-state index contributed by atoms with van der Waals surface area (Å²) in [5.41, 5.74) is -0.0583. The quantitative estimate of drug-likeness (QED) is 0.604. The maximum atomic E-state index is 13.4. The van der Waals surface area contributed by atoms with Gasteiger partial charge in [-0.15, -0.1) is 0 Å². The smallest absolute Gasteiger partial charge is 0.287 e. The first-order valence-electron chi connectivity index (χ1n) is 10.2. The maximum absolute atomic E-state index is 13.4. The van der Waals surface area contributed by atoms with Crippen LogP contribution in [0.5, 0.6) is 0 Å². The molecule has 4 saturated carbocycles. The summed E-state index contributed by atoms with van der Waals surface area (Å²) < 4.78 is 0. The average molecular weight is 370 g/mol. The molecule has 1 aromatic heterocycles. The van der Waals surface area contributed by atoms with Gasteiger partial charge in [0.1, 0.15) is 12.0 Å². The summed E-state index contributed by atoms with van der Waals surface area (Å²) in [5, 5.41) is 10.8. The SMILES string of the molecule is O=C(N1CCN(c2ccc([N+](=O)[O-])cn2)CC1)C12CC3CC(CC(C3)C1)C2. The Hall–Kier alpha value is -2.18. The van der Waals surface area contributed by atoms with Crippen LogP contribution in [-0.4, -0.2) is 46.9 Å². The van der Waals surface area contributed by atoms with Crippen molar-refractivity contribution >= 4 is 17.4 Å². The Bertz CT molecular complexity index is 720. The van der Waals surface area contributed by atoms with Crippen molar-refractivity contribution in [2.75, 3.05) is 31.1 Å². The van der Waals surface area contributed by atoms with E-state index in [9.17, 15) is 14.9 Å². The van der Waals surface area contributed by atoms with Gasteiger partial charge >= 0.3 is 0 Å². The molecular formula is C20H26N4O3. The van der Waals surface area contributed by atoms with Crippen LogP contribution in [0.15, 0.2) is 18.3 Å². The Morgan fingerprint density at radius 1 is 1.04 bits per heavy atom. The molecule has 1 aromatic rings. The van der Waals surface area contributed by atoms with E-state index in [2.05, 4.69) is 14.8 Å². The first-order valence-corrected chi connectivity index (χ1v) is 10.2. The highest BCUT2D eigenvalue weighted by Gasteiger charge is 2.55. The Kier molecular flexibility index (Phi) is 3.88. The summed E-state index contributed by atoms with van der Waals surface area (Å²) in [6.07, 6.45) is 8.71. The molecule has 1 saturated heterocycles. The van der Waals surface area contributed by atoms with Crippen LogP contribution in [0.1, 0.15) is 38.5 Å². The lowest BCUT2D eigenvalue weighted by Gasteiger charge is -2.57. The van der Waals surface area contributed by atoms with Gasteiger partial charge in [-0.25, -0.2) is 4.98 Å². The van der Waals surface area contributed by atoms with E-state index < -0.39 is 4.92 Å². The van der Waals surface area contributed by atoms with Crippen LogP contribution >= 0.6 is 0 Å². The van der Waals surface area contributed by atoms with Crippen molar-refractivity contribution in [3.63, 3.8) is 0 Å². The number of pyridine rings is 1. The largest absolute Gasteiger partial charge is 0.353 e. The van der Waals surface area contributed by atoms with Crippen molar-refractivity contribution in [1.29, 1.82) is 0 Å². The van der Waals surface area contributed by atoms with Crippen molar-refractivity contribution < 1.29 is 9.72 Å². The van der Waals surface area contributed by atoms with Gasteiger partial charge in [-0.1, -0.05) is 0 Å². The molecule has 0 unspecified atom stereocenters. The second-order valence-electron chi connectivity index (χ2n) is 9.11. The molecule has 0 radical (unpaired) electrons. The molecule has 5 fully saturated rings. The second kappa shape index (κ2) is 6.17. The summed E-state index contributed by atoms with van der Waals surface area (Å²) >= 11 is 0. The minimum Gasteiger partial charge on any atom is -0.353 e. The van der Waals surface area contributed by atoms with Gasteiger partial charge in [0.15, 0.2) is 0 Å². The number of anilines is 1. The molecule has 7 nitrogen and oxygen atoms in total. The van der Waals surface area contributed by atoms with E-state index in [1.54, 1.807) is 6.07 Å². The molecule has 0 spiro atoms. The molecule has 1 aliphatic heterocycles. The number of aromatic nitrogens is 1. The molecule has 7 heteroatoms. The topological polar surface area (TPSA) is 79.6 Å². The molecule has 0 aromatic carbocycles. The number of hydrogen-bond donors (Lipinski definition) is 0. The normalized spacial score (nSPS) is 34.7. The number of amides is 1. The Labute approximate surface area is 158 Å². The third-order valence-corrected chi connectivity index (χ3v) is 7.33. The predicted molar refractivity (Wildman–Crippen MR) is 100 cm³/mol. The standard InChI is InChI=1S/C20H26N4O3/c25-19(20-10-14-7-15(11-20)9-16(8-14)12-20)23-5-3-22(4-6-23)18-2-1-17(13-21-18)24(26)27/h1-2,13-16H,3-12H2. The molecule has 6 rings (SSSR count). The number of piperazine rings is 1. The summed E-state index contributed by atoms with van der Waals surface area (Å²) in [4.78, 5) is 32.2. The molecule has 144 valence electrons. The number of carbonyl (C=O) groups is 1. The molecule has 4 aliphatic carbocycles. The fourth-order valence-electron chi connectivity index (χ4n) is 6.52. The summed E-state index contributed by atoms with van der Waals surface area (Å²) in [7, 11) is 0. The molecule has 0 N–H and O–H groups in total. The predicted octanol–water partition coefficient (Wildman–Crippen LogP) is 2.85. The van der Waals surface area contributed by atoms with Crippen LogP contribution in [-0.2, 0) is 4.79 Å². The van der Waals surface area contributed by atoms with Gasteiger partial charge in [0.05, 0.1) is 10.3 Å². The van der Waals surface area contributed by atoms with Crippen molar-refractivity contribution in [2.24, 2.45) is 23.2 Å². The van der Waals surface area contributed by atoms with Crippen LogP contribution in [0, 0.1) is 33.3 Å². The number of carbonyl (C=O) groups excluding carboxylic acids is 1. The van der Waals surface area contributed by atoms with Crippen LogP contribution in [0.4, 0.5) is 11.5 Å². The zero-order valence-corrected chi connectivity index (χ0v) is 15.5. The fraction of sp³-hybridized carbons (Fsp3) is 0.700. The number of nitro groups is 1. The number of rotatable bonds is 3. The lowest BCUT2D eigenvalue weighted by Crippen LogP contribution is -2.58. The molecule has 0 atom stereocenters. The van der Waals surface area contributed by atoms with E-state index in [-0.39, 0.29) is 11.1 Å². The first kappa shape index (κ1) is 17.0. The molecule has 1 amide bonds. The minimum atomic E-state index is -0.432. The van der Waals surface area contributed by atoms with Gasteiger partial charge in [0.25, 0.3) is 5.69 Å². The van der Waals surface area contributed by atoms with Gasteiger partial charge in [-0.2, -0.15) is 0 Å². The first-order chi connectivity index (χ1) is 13.0. The van der Waals surface area contributed by atoms with Crippen LogP contribution in [0.2, 0.25) is 0 Å². The highest BCUT2D eigenvalue weighted by atomic mass is 16.6. The zero-order chi connectivity index (χ0) is 18.6. The van der Waals surface area contributed by atoms with Crippen LogP contribution in [0.3, 0.4) is 0 Å². The van der Waals surface area contributed by atoms with Gasteiger partial charge in [0.2, 0.25) is 5.91 Å². The van der Waals surface area contributed by atoms with Crippen LogP contribution in [0.25, 0.3) is 0 Å². The molecular weight excluding hydrogens is 344 g/mol. The number of nitrogens with zero attached hydrogens (tertiary/aromatic N) is 4. The average Bonchev–Trinajstić information content (AvgIpc) is 2.66. The summed E-state index contributed by atoms with van der Waals surface area (Å²) in [5.74, 6) is 3.50. The molecule has 4 bridgehead atoms. The van der Waals surface area contributed by atoms with Crippen molar-refractivity contribution in [2.45, 2.75) is 38.5 Å².